The van der Waals surface area contributed by atoms with Crippen molar-refractivity contribution in [3.63, 3.8) is 0 Å². The third-order valence-electron chi connectivity index (χ3n) is 2.22. The van der Waals surface area contributed by atoms with Gasteiger partial charge in [-0.25, -0.2) is 0 Å². The van der Waals surface area contributed by atoms with Crippen LogP contribution in [-0.2, 0) is 9.47 Å². The molecule has 0 bridgehead atoms. The Bertz CT molecular complexity index is 119. The summed E-state index contributed by atoms with van der Waals surface area (Å²) in [6, 6.07) is 0. The molecular formula is C9H17ClO2. The molecule has 1 fully saturated rings. The number of hydrogen-bond acceptors (Lipinski definition) is 2. The molecule has 0 aliphatic carbocycles. The Balaban J connectivity index is 2.11. The van der Waals surface area contributed by atoms with E-state index in [0.29, 0.717) is 11.3 Å². The summed E-state index contributed by atoms with van der Waals surface area (Å²) >= 11 is 6.13. The lowest BCUT2D eigenvalue weighted by Crippen LogP contribution is -2.29. The molecule has 0 radical (unpaired) electrons. The van der Waals surface area contributed by atoms with E-state index in [1.54, 1.807) is 0 Å². The molecule has 0 aromatic rings. The van der Waals surface area contributed by atoms with Gasteiger partial charge in [0.2, 0.25) is 0 Å². The van der Waals surface area contributed by atoms with E-state index in [2.05, 4.69) is 0 Å². The van der Waals surface area contributed by atoms with Gasteiger partial charge in [0.1, 0.15) is 0 Å². The first-order valence-electron chi connectivity index (χ1n) is 4.64. The zero-order valence-corrected chi connectivity index (χ0v) is 8.35. The molecule has 0 N–H and O–H groups in total. The third-order valence-corrected chi connectivity index (χ3v) is 2.79. The van der Waals surface area contributed by atoms with E-state index in [-0.39, 0.29) is 0 Å². The molecule has 0 aromatic carbocycles. The van der Waals surface area contributed by atoms with E-state index in [0.717, 1.165) is 39.3 Å². The van der Waals surface area contributed by atoms with Crippen LogP contribution < -0.4 is 0 Å². The summed E-state index contributed by atoms with van der Waals surface area (Å²) in [5.74, 6) is 0.493. The molecule has 2 atom stereocenters. The van der Waals surface area contributed by atoms with Gasteiger partial charge in [-0.15, -0.1) is 11.6 Å². The minimum Gasteiger partial charge on any atom is -0.382 e. The van der Waals surface area contributed by atoms with Gasteiger partial charge < -0.3 is 9.47 Å². The molecule has 3 heteroatoms. The Morgan fingerprint density at radius 3 is 3.08 bits per heavy atom. The lowest BCUT2D eigenvalue weighted by molar-refractivity contribution is 0.0383. The number of rotatable bonds is 4. The van der Waals surface area contributed by atoms with Crippen LogP contribution in [0.3, 0.4) is 0 Å². The maximum absolute atomic E-state index is 6.13. The number of alkyl halides is 1. The molecule has 1 aliphatic rings. The van der Waals surface area contributed by atoms with Crippen LogP contribution in [0.25, 0.3) is 0 Å². The van der Waals surface area contributed by atoms with Crippen molar-refractivity contribution in [2.75, 3.05) is 26.4 Å². The van der Waals surface area contributed by atoms with Crippen molar-refractivity contribution in [2.24, 2.45) is 5.92 Å². The lowest BCUT2D eigenvalue weighted by atomic mass is 9.98. The van der Waals surface area contributed by atoms with Crippen molar-refractivity contribution in [2.45, 2.75) is 25.1 Å². The van der Waals surface area contributed by atoms with Gasteiger partial charge >= 0.3 is 0 Å². The van der Waals surface area contributed by atoms with Gasteiger partial charge in [0.05, 0.1) is 6.61 Å². The van der Waals surface area contributed by atoms with Crippen molar-refractivity contribution >= 4 is 11.6 Å². The van der Waals surface area contributed by atoms with E-state index in [1.165, 1.54) is 0 Å². The van der Waals surface area contributed by atoms with E-state index in [1.807, 2.05) is 6.92 Å². The predicted molar refractivity (Wildman–Crippen MR) is 49.7 cm³/mol. The fourth-order valence-electron chi connectivity index (χ4n) is 1.41. The van der Waals surface area contributed by atoms with Gasteiger partial charge in [-0.05, 0) is 19.8 Å². The monoisotopic (exact) mass is 192 g/mol. The molecular weight excluding hydrogens is 176 g/mol. The maximum atomic E-state index is 6.13. The van der Waals surface area contributed by atoms with E-state index >= 15 is 0 Å². The van der Waals surface area contributed by atoms with Crippen LogP contribution >= 0.6 is 11.6 Å². The van der Waals surface area contributed by atoms with Crippen LogP contribution in [0, 0.1) is 5.92 Å². The van der Waals surface area contributed by atoms with E-state index < -0.39 is 0 Å². The highest BCUT2D eigenvalue weighted by Gasteiger charge is 2.23. The largest absolute Gasteiger partial charge is 0.382 e. The first kappa shape index (κ1) is 10.3. The first-order valence-corrected chi connectivity index (χ1v) is 5.07. The third kappa shape index (κ3) is 3.30. The quantitative estimate of drug-likeness (QED) is 0.502. The molecule has 1 heterocycles. The molecule has 1 saturated heterocycles. The van der Waals surface area contributed by atoms with E-state index in [4.69, 9.17) is 21.1 Å². The summed E-state index contributed by atoms with van der Waals surface area (Å²) in [5, 5.41) is 0.291. The molecule has 2 unspecified atom stereocenters. The second-order valence-corrected chi connectivity index (χ2v) is 3.69. The molecule has 0 aromatic heterocycles. The minimum atomic E-state index is 0.291. The Labute approximate surface area is 79.2 Å². The second kappa shape index (κ2) is 5.79. The van der Waals surface area contributed by atoms with Crippen molar-refractivity contribution in [1.29, 1.82) is 0 Å². The van der Waals surface area contributed by atoms with Gasteiger partial charge in [-0.1, -0.05) is 0 Å². The normalized spacial score (nSPS) is 30.5. The fraction of sp³-hybridized carbons (Fsp3) is 1.00. The van der Waals surface area contributed by atoms with E-state index in [9.17, 15) is 0 Å². The van der Waals surface area contributed by atoms with Crippen molar-refractivity contribution < 1.29 is 9.47 Å². The summed E-state index contributed by atoms with van der Waals surface area (Å²) in [6.07, 6.45) is 2.01. The SMILES string of the molecule is CCOCCC1COCCC1Cl. The number of hydrogen-bond donors (Lipinski definition) is 0. The van der Waals surface area contributed by atoms with Crippen LogP contribution in [0.5, 0.6) is 0 Å². The summed E-state index contributed by atoms with van der Waals surface area (Å²) in [7, 11) is 0. The summed E-state index contributed by atoms with van der Waals surface area (Å²) in [6.45, 7) is 5.24. The average molecular weight is 193 g/mol. The molecule has 12 heavy (non-hydrogen) atoms. The Kier molecular flexibility index (Phi) is 4.96. The standard InChI is InChI=1S/C9H17ClO2/c1-2-11-5-3-8-7-12-6-4-9(8)10/h8-9H,2-7H2,1H3. The zero-order chi connectivity index (χ0) is 8.81. The van der Waals surface area contributed by atoms with Gasteiger partial charge in [-0.2, -0.15) is 0 Å². The predicted octanol–water partition coefficient (Wildman–Crippen LogP) is 2.06. The lowest BCUT2D eigenvalue weighted by Gasteiger charge is -2.26. The molecule has 1 rings (SSSR count). The molecule has 0 saturated carbocycles. The van der Waals surface area contributed by atoms with Gasteiger partial charge in [-0.3, -0.25) is 0 Å². The minimum absolute atomic E-state index is 0.291. The summed E-state index contributed by atoms with van der Waals surface area (Å²) in [5.41, 5.74) is 0. The molecule has 2 nitrogen and oxygen atoms in total. The van der Waals surface area contributed by atoms with Crippen molar-refractivity contribution in [3.05, 3.63) is 0 Å². The molecule has 1 aliphatic heterocycles. The van der Waals surface area contributed by atoms with Crippen LogP contribution in [0.1, 0.15) is 19.8 Å². The molecule has 0 amide bonds. The van der Waals surface area contributed by atoms with Gasteiger partial charge in [0, 0.05) is 31.1 Å². The summed E-state index contributed by atoms with van der Waals surface area (Å²) < 4.78 is 10.6. The maximum Gasteiger partial charge on any atom is 0.0509 e. The first-order chi connectivity index (χ1) is 5.84. The zero-order valence-electron chi connectivity index (χ0n) is 7.59. The van der Waals surface area contributed by atoms with Crippen LogP contribution in [0.4, 0.5) is 0 Å². The van der Waals surface area contributed by atoms with Crippen LogP contribution in [0.2, 0.25) is 0 Å². The number of halogens is 1. The molecule has 0 spiro atoms. The highest BCUT2D eigenvalue weighted by Crippen LogP contribution is 2.22. The summed E-state index contributed by atoms with van der Waals surface area (Å²) in [4.78, 5) is 0. The highest BCUT2D eigenvalue weighted by atomic mass is 35.5. The second-order valence-electron chi connectivity index (χ2n) is 3.13. The van der Waals surface area contributed by atoms with Crippen LogP contribution in [0.15, 0.2) is 0 Å². The van der Waals surface area contributed by atoms with Crippen LogP contribution in [-0.4, -0.2) is 31.8 Å². The Hall–Kier alpha value is 0.210. The Morgan fingerprint density at radius 1 is 1.58 bits per heavy atom. The molecule has 72 valence electrons. The van der Waals surface area contributed by atoms with Gasteiger partial charge in [0.15, 0.2) is 0 Å². The van der Waals surface area contributed by atoms with Crippen molar-refractivity contribution in [1.82, 2.24) is 0 Å². The number of ether oxygens (including phenoxy) is 2. The van der Waals surface area contributed by atoms with Gasteiger partial charge in [0.25, 0.3) is 0 Å². The smallest absolute Gasteiger partial charge is 0.0509 e. The average Bonchev–Trinajstić information content (AvgIpc) is 2.09. The Morgan fingerprint density at radius 2 is 2.42 bits per heavy atom. The van der Waals surface area contributed by atoms with Crippen molar-refractivity contribution in [3.8, 4) is 0 Å². The topological polar surface area (TPSA) is 18.5 Å². The highest BCUT2D eigenvalue weighted by molar-refractivity contribution is 6.20. The fourth-order valence-corrected chi connectivity index (χ4v) is 1.70.